The van der Waals surface area contributed by atoms with Gasteiger partial charge in [0, 0.05) is 4.90 Å². The number of ether oxygens (including phenoxy) is 1. The Balaban J connectivity index is 2.33. The number of alkyl halides is 3. The van der Waals surface area contributed by atoms with Crippen molar-refractivity contribution in [1.82, 2.24) is 5.32 Å². The van der Waals surface area contributed by atoms with Crippen LogP contribution in [0.25, 0.3) is 0 Å². The summed E-state index contributed by atoms with van der Waals surface area (Å²) in [6.45, 7) is -1.30. The Labute approximate surface area is 107 Å². The van der Waals surface area contributed by atoms with Gasteiger partial charge in [0.1, 0.15) is 12.3 Å². The fourth-order valence-corrected chi connectivity index (χ4v) is 1.80. The van der Waals surface area contributed by atoms with Gasteiger partial charge in [-0.1, -0.05) is 0 Å². The number of halogens is 3. The first-order chi connectivity index (χ1) is 8.40. The molecule has 0 atom stereocenters. The minimum Gasteiger partial charge on any atom is -0.497 e. The van der Waals surface area contributed by atoms with Gasteiger partial charge in [0.25, 0.3) is 0 Å². The third-order valence-corrected chi connectivity index (χ3v) is 2.93. The number of hydrogen-bond acceptors (Lipinski definition) is 3. The quantitative estimate of drug-likeness (QED) is 0.841. The molecule has 1 amide bonds. The Hall–Kier alpha value is -1.37. The van der Waals surface area contributed by atoms with E-state index in [9.17, 15) is 18.0 Å². The highest BCUT2D eigenvalue weighted by molar-refractivity contribution is 8.00. The summed E-state index contributed by atoms with van der Waals surface area (Å²) in [5.41, 5.74) is 0. The van der Waals surface area contributed by atoms with Crippen molar-refractivity contribution in [2.24, 2.45) is 0 Å². The van der Waals surface area contributed by atoms with Crippen LogP contribution in [0.4, 0.5) is 13.2 Å². The summed E-state index contributed by atoms with van der Waals surface area (Å²) in [5, 5.41) is 1.81. The average molecular weight is 279 g/mol. The van der Waals surface area contributed by atoms with E-state index in [4.69, 9.17) is 4.74 Å². The Bertz CT molecular complexity index is 392. The van der Waals surface area contributed by atoms with Gasteiger partial charge in [0.05, 0.1) is 12.9 Å². The molecule has 0 spiro atoms. The first kappa shape index (κ1) is 14.7. The van der Waals surface area contributed by atoms with Gasteiger partial charge in [0.2, 0.25) is 5.91 Å². The van der Waals surface area contributed by atoms with Crippen LogP contribution in [0.5, 0.6) is 5.75 Å². The molecule has 100 valence electrons. The van der Waals surface area contributed by atoms with Crippen molar-refractivity contribution in [3.8, 4) is 5.75 Å². The normalized spacial score (nSPS) is 11.1. The first-order valence-corrected chi connectivity index (χ1v) is 5.99. The van der Waals surface area contributed by atoms with E-state index in [1.165, 1.54) is 7.11 Å². The summed E-state index contributed by atoms with van der Waals surface area (Å²) in [5.74, 6) is -0.0170. The van der Waals surface area contributed by atoms with Gasteiger partial charge in [-0.15, -0.1) is 11.8 Å². The van der Waals surface area contributed by atoms with Gasteiger partial charge in [-0.2, -0.15) is 13.2 Å². The fraction of sp³-hybridized carbons (Fsp3) is 0.364. The van der Waals surface area contributed by atoms with Gasteiger partial charge in [-0.05, 0) is 24.3 Å². The predicted molar refractivity (Wildman–Crippen MR) is 62.8 cm³/mol. The summed E-state index contributed by atoms with van der Waals surface area (Å²) in [4.78, 5) is 11.9. The molecule has 1 rings (SSSR count). The number of amides is 1. The number of nitrogens with one attached hydrogen (secondary N) is 1. The van der Waals surface area contributed by atoms with E-state index in [0.717, 1.165) is 16.7 Å². The predicted octanol–water partition coefficient (Wildman–Crippen LogP) is 2.47. The largest absolute Gasteiger partial charge is 0.497 e. The first-order valence-electron chi connectivity index (χ1n) is 5.01. The number of hydrogen-bond donors (Lipinski definition) is 1. The molecule has 1 aromatic rings. The van der Waals surface area contributed by atoms with Crippen LogP contribution in [0.1, 0.15) is 0 Å². The number of benzene rings is 1. The van der Waals surface area contributed by atoms with Crippen LogP contribution < -0.4 is 10.1 Å². The summed E-state index contributed by atoms with van der Waals surface area (Å²) in [6, 6.07) is 6.91. The molecule has 0 aliphatic heterocycles. The van der Waals surface area contributed by atoms with Crippen molar-refractivity contribution in [2.45, 2.75) is 11.1 Å². The SMILES string of the molecule is COc1ccc(SCC(=O)NCC(F)(F)F)cc1. The van der Waals surface area contributed by atoms with Gasteiger partial charge in [-0.3, -0.25) is 4.79 Å². The fourth-order valence-electron chi connectivity index (χ4n) is 1.07. The van der Waals surface area contributed by atoms with Crippen molar-refractivity contribution in [3.05, 3.63) is 24.3 Å². The van der Waals surface area contributed by atoms with Crippen LogP contribution >= 0.6 is 11.8 Å². The van der Waals surface area contributed by atoms with E-state index in [2.05, 4.69) is 0 Å². The summed E-state index contributed by atoms with van der Waals surface area (Å²) in [7, 11) is 1.53. The summed E-state index contributed by atoms with van der Waals surface area (Å²) < 4.78 is 40.4. The van der Waals surface area contributed by atoms with Crippen molar-refractivity contribution in [2.75, 3.05) is 19.4 Å². The topological polar surface area (TPSA) is 38.3 Å². The lowest BCUT2D eigenvalue weighted by Gasteiger charge is -2.08. The molecule has 0 bridgehead atoms. The Morgan fingerprint density at radius 3 is 2.44 bits per heavy atom. The molecule has 0 aliphatic rings. The van der Waals surface area contributed by atoms with Gasteiger partial charge in [-0.25, -0.2) is 0 Å². The molecule has 3 nitrogen and oxygen atoms in total. The maximum absolute atomic E-state index is 11.8. The smallest absolute Gasteiger partial charge is 0.405 e. The Morgan fingerprint density at radius 2 is 1.94 bits per heavy atom. The molecule has 0 radical (unpaired) electrons. The second-order valence-electron chi connectivity index (χ2n) is 3.36. The van der Waals surface area contributed by atoms with E-state index in [0.29, 0.717) is 5.75 Å². The zero-order chi connectivity index (χ0) is 13.6. The van der Waals surface area contributed by atoms with Crippen LogP contribution in [-0.4, -0.2) is 31.5 Å². The number of carbonyl (C=O) groups excluding carboxylic acids is 1. The number of thioether (sulfide) groups is 1. The maximum atomic E-state index is 11.8. The molecule has 1 N–H and O–H groups in total. The number of carbonyl (C=O) groups is 1. The summed E-state index contributed by atoms with van der Waals surface area (Å²) in [6.07, 6.45) is -4.37. The number of rotatable bonds is 5. The zero-order valence-corrected chi connectivity index (χ0v) is 10.4. The van der Waals surface area contributed by atoms with Crippen LogP contribution in [0.15, 0.2) is 29.2 Å². The highest BCUT2D eigenvalue weighted by Crippen LogP contribution is 2.21. The lowest BCUT2D eigenvalue weighted by Crippen LogP contribution is -2.34. The minimum absolute atomic E-state index is 0.0532. The third kappa shape index (κ3) is 5.81. The van der Waals surface area contributed by atoms with E-state index in [-0.39, 0.29) is 5.75 Å². The Morgan fingerprint density at radius 1 is 1.33 bits per heavy atom. The molecule has 7 heteroatoms. The average Bonchev–Trinajstić information content (AvgIpc) is 2.33. The third-order valence-electron chi connectivity index (χ3n) is 1.92. The van der Waals surface area contributed by atoms with Gasteiger partial charge >= 0.3 is 6.18 Å². The van der Waals surface area contributed by atoms with Gasteiger partial charge in [0.15, 0.2) is 0 Å². The van der Waals surface area contributed by atoms with Crippen molar-refractivity contribution >= 4 is 17.7 Å². The second kappa shape index (κ2) is 6.53. The van der Waals surface area contributed by atoms with E-state index >= 15 is 0 Å². The monoisotopic (exact) mass is 279 g/mol. The van der Waals surface area contributed by atoms with Crippen LogP contribution in [0, 0.1) is 0 Å². The van der Waals surface area contributed by atoms with E-state index in [1.54, 1.807) is 29.6 Å². The van der Waals surface area contributed by atoms with Crippen molar-refractivity contribution < 1.29 is 22.7 Å². The molecular formula is C11H12F3NO2S. The molecule has 0 saturated carbocycles. The zero-order valence-electron chi connectivity index (χ0n) is 9.58. The molecule has 0 aromatic heterocycles. The maximum Gasteiger partial charge on any atom is 0.405 e. The lowest BCUT2D eigenvalue weighted by atomic mass is 10.3. The van der Waals surface area contributed by atoms with E-state index in [1.807, 2.05) is 0 Å². The summed E-state index contributed by atoms with van der Waals surface area (Å²) >= 11 is 1.16. The van der Waals surface area contributed by atoms with Crippen LogP contribution in [0.3, 0.4) is 0 Å². The van der Waals surface area contributed by atoms with Crippen molar-refractivity contribution in [1.29, 1.82) is 0 Å². The molecule has 1 aromatic carbocycles. The molecule has 0 heterocycles. The van der Waals surface area contributed by atoms with Crippen LogP contribution in [0.2, 0.25) is 0 Å². The molecule has 0 aliphatic carbocycles. The molecule has 18 heavy (non-hydrogen) atoms. The number of methoxy groups -OCH3 is 1. The lowest BCUT2D eigenvalue weighted by molar-refractivity contribution is -0.136. The molecule has 0 saturated heterocycles. The highest BCUT2D eigenvalue weighted by Gasteiger charge is 2.27. The molecule has 0 fully saturated rings. The minimum atomic E-state index is -4.37. The molecule has 0 unspecified atom stereocenters. The van der Waals surface area contributed by atoms with Crippen molar-refractivity contribution in [3.63, 3.8) is 0 Å². The Kier molecular flexibility index (Phi) is 5.33. The standard InChI is InChI=1S/C11H12F3NO2S/c1-17-8-2-4-9(5-3-8)18-6-10(16)15-7-11(12,13)14/h2-5H,6-7H2,1H3,(H,15,16). The van der Waals surface area contributed by atoms with E-state index < -0.39 is 18.6 Å². The van der Waals surface area contributed by atoms with Gasteiger partial charge < -0.3 is 10.1 Å². The van der Waals surface area contributed by atoms with Crippen LogP contribution in [-0.2, 0) is 4.79 Å². The highest BCUT2D eigenvalue weighted by atomic mass is 32.2. The molecular weight excluding hydrogens is 267 g/mol. The second-order valence-corrected chi connectivity index (χ2v) is 4.40.